The van der Waals surface area contributed by atoms with Gasteiger partial charge >= 0.3 is 0 Å². The first kappa shape index (κ1) is 19.1. The van der Waals surface area contributed by atoms with Crippen molar-refractivity contribution >= 4 is 0 Å². The van der Waals surface area contributed by atoms with E-state index in [4.69, 9.17) is 5.73 Å². The third kappa shape index (κ3) is 5.71. The number of nitrogens with two attached hydrogens (primary N) is 1. The number of unbranched alkanes of at least 4 members (excludes halogenated alkanes) is 5. The summed E-state index contributed by atoms with van der Waals surface area (Å²) in [5.41, 5.74) is 7.36. The average molecular weight is 307 g/mol. The lowest BCUT2D eigenvalue weighted by Gasteiger charge is -2.33. The Morgan fingerprint density at radius 2 is 1.55 bits per heavy atom. The van der Waals surface area contributed by atoms with Crippen molar-refractivity contribution in [2.75, 3.05) is 0 Å². The maximum Gasteiger partial charge on any atom is 0.170 e. The van der Waals surface area contributed by atoms with Crippen molar-refractivity contribution in [3.63, 3.8) is 0 Å². The Labute approximate surface area is 135 Å². The Morgan fingerprint density at radius 3 is 2.09 bits per heavy atom. The number of aliphatic hydroxyl groups excluding tert-OH is 1. The summed E-state index contributed by atoms with van der Waals surface area (Å²) in [6.45, 7) is 5.85. The van der Waals surface area contributed by atoms with E-state index in [-0.39, 0.29) is 5.92 Å². The van der Waals surface area contributed by atoms with Crippen LogP contribution in [0.2, 0.25) is 0 Å². The van der Waals surface area contributed by atoms with Gasteiger partial charge in [0, 0.05) is 5.92 Å². The molecule has 0 fully saturated rings. The number of benzene rings is 1. The largest absolute Gasteiger partial charge is 0.367 e. The van der Waals surface area contributed by atoms with E-state index < -0.39 is 11.8 Å². The molecule has 4 N–H and O–H groups in total. The van der Waals surface area contributed by atoms with Gasteiger partial charge in [-0.2, -0.15) is 0 Å². The fourth-order valence-corrected chi connectivity index (χ4v) is 2.67. The summed E-state index contributed by atoms with van der Waals surface area (Å²) in [7, 11) is 0. The minimum Gasteiger partial charge on any atom is -0.367 e. The van der Waals surface area contributed by atoms with Crippen molar-refractivity contribution in [3.05, 3.63) is 35.4 Å². The van der Waals surface area contributed by atoms with Gasteiger partial charge in [-0.1, -0.05) is 70.2 Å². The van der Waals surface area contributed by atoms with Gasteiger partial charge in [0.1, 0.15) is 0 Å². The Morgan fingerprint density at radius 1 is 1.00 bits per heavy atom. The van der Waals surface area contributed by atoms with E-state index in [2.05, 4.69) is 31.2 Å². The highest BCUT2D eigenvalue weighted by atomic mass is 16.5. The van der Waals surface area contributed by atoms with Gasteiger partial charge in [0.15, 0.2) is 6.29 Å². The fraction of sp³-hybridized carbons (Fsp3) is 0.684. The first-order chi connectivity index (χ1) is 10.4. The molecule has 2 atom stereocenters. The monoisotopic (exact) mass is 307 g/mol. The molecule has 0 saturated carbocycles. The molecule has 0 aliphatic heterocycles. The van der Waals surface area contributed by atoms with E-state index >= 15 is 0 Å². The van der Waals surface area contributed by atoms with Crippen LogP contribution in [-0.4, -0.2) is 22.0 Å². The standard InChI is InChI=1S/C19H33NO2/c1-4-5-6-7-8-9-10-16-11-13-17(14-12-16)15(2)19(3,20)18(21)22/h11-15,18,21-22H,4-10,20H2,1-3H3. The first-order valence-corrected chi connectivity index (χ1v) is 8.63. The second-order valence-corrected chi connectivity index (χ2v) is 6.72. The number of rotatable bonds is 10. The second-order valence-electron chi connectivity index (χ2n) is 6.72. The first-order valence-electron chi connectivity index (χ1n) is 8.63. The quantitative estimate of drug-likeness (QED) is 0.456. The predicted molar refractivity (Wildman–Crippen MR) is 92.8 cm³/mol. The molecule has 0 bridgehead atoms. The van der Waals surface area contributed by atoms with Crippen LogP contribution in [0.1, 0.15) is 76.3 Å². The molecule has 0 heterocycles. The van der Waals surface area contributed by atoms with Crippen LogP contribution in [-0.2, 0) is 6.42 Å². The van der Waals surface area contributed by atoms with Crippen molar-refractivity contribution in [2.45, 2.75) is 83.5 Å². The molecule has 0 aliphatic rings. The molecule has 1 aromatic carbocycles. The molecule has 2 unspecified atom stereocenters. The number of hydrogen-bond acceptors (Lipinski definition) is 3. The fourth-order valence-electron chi connectivity index (χ4n) is 2.67. The molecule has 0 aliphatic carbocycles. The van der Waals surface area contributed by atoms with E-state index in [1.807, 2.05) is 6.92 Å². The Hall–Kier alpha value is -0.900. The van der Waals surface area contributed by atoms with Crippen molar-refractivity contribution < 1.29 is 10.2 Å². The van der Waals surface area contributed by atoms with Crippen molar-refractivity contribution in [2.24, 2.45) is 5.73 Å². The average Bonchev–Trinajstić information content (AvgIpc) is 2.50. The zero-order valence-electron chi connectivity index (χ0n) is 14.4. The van der Waals surface area contributed by atoms with Gasteiger partial charge in [-0.3, -0.25) is 0 Å². The van der Waals surface area contributed by atoms with Gasteiger partial charge in [0.25, 0.3) is 0 Å². The molecule has 3 nitrogen and oxygen atoms in total. The zero-order valence-corrected chi connectivity index (χ0v) is 14.4. The number of aliphatic hydroxyl groups is 2. The van der Waals surface area contributed by atoms with Crippen LogP contribution >= 0.6 is 0 Å². The highest BCUT2D eigenvalue weighted by molar-refractivity contribution is 5.27. The minimum atomic E-state index is -1.52. The molecule has 1 rings (SSSR count). The Balaban J connectivity index is 2.46. The summed E-state index contributed by atoms with van der Waals surface area (Å²) in [5, 5.41) is 18.8. The SMILES string of the molecule is CCCCCCCCc1ccc(C(C)C(C)(N)C(O)O)cc1. The van der Waals surface area contributed by atoms with Crippen molar-refractivity contribution in [1.29, 1.82) is 0 Å². The van der Waals surface area contributed by atoms with Crippen molar-refractivity contribution in [1.82, 2.24) is 0 Å². The van der Waals surface area contributed by atoms with E-state index in [9.17, 15) is 10.2 Å². The molecule has 3 heteroatoms. The molecule has 0 saturated heterocycles. The highest BCUT2D eigenvalue weighted by Crippen LogP contribution is 2.28. The van der Waals surface area contributed by atoms with Crippen LogP contribution < -0.4 is 5.73 Å². The summed E-state index contributed by atoms with van der Waals surface area (Å²) in [4.78, 5) is 0. The van der Waals surface area contributed by atoms with Crippen LogP contribution in [0.25, 0.3) is 0 Å². The molecule has 0 amide bonds. The topological polar surface area (TPSA) is 66.5 Å². The van der Waals surface area contributed by atoms with Crippen LogP contribution in [0, 0.1) is 0 Å². The molecular weight excluding hydrogens is 274 g/mol. The lowest BCUT2D eigenvalue weighted by molar-refractivity contribution is -0.0970. The summed E-state index contributed by atoms with van der Waals surface area (Å²) < 4.78 is 0. The third-order valence-electron chi connectivity index (χ3n) is 4.79. The summed E-state index contributed by atoms with van der Waals surface area (Å²) in [6, 6.07) is 8.39. The van der Waals surface area contributed by atoms with Gasteiger partial charge in [-0.15, -0.1) is 0 Å². The van der Waals surface area contributed by atoms with Crippen LogP contribution in [0.4, 0.5) is 0 Å². The summed E-state index contributed by atoms with van der Waals surface area (Å²) in [6.07, 6.45) is 7.46. The number of hydrogen-bond donors (Lipinski definition) is 3. The van der Waals surface area contributed by atoms with E-state index in [1.54, 1.807) is 6.92 Å². The predicted octanol–water partition coefficient (Wildman–Crippen LogP) is 3.72. The van der Waals surface area contributed by atoms with Gasteiger partial charge in [-0.25, -0.2) is 0 Å². The molecule has 1 aromatic rings. The molecule has 126 valence electrons. The van der Waals surface area contributed by atoms with E-state index in [0.29, 0.717) is 0 Å². The van der Waals surface area contributed by atoms with Gasteiger partial charge < -0.3 is 15.9 Å². The van der Waals surface area contributed by atoms with E-state index in [1.165, 1.54) is 44.1 Å². The molecule has 0 aromatic heterocycles. The normalized spacial score (nSPS) is 15.8. The van der Waals surface area contributed by atoms with Crippen molar-refractivity contribution in [3.8, 4) is 0 Å². The lowest BCUT2D eigenvalue weighted by atomic mass is 9.82. The zero-order chi connectivity index (χ0) is 16.6. The maximum absolute atomic E-state index is 9.40. The van der Waals surface area contributed by atoms with Crippen LogP contribution in [0.5, 0.6) is 0 Å². The molecule has 0 radical (unpaired) electrons. The van der Waals surface area contributed by atoms with Gasteiger partial charge in [0.05, 0.1) is 5.54 Å². The van der Waals surface area contributed by atoms with Crippen LogP contribution in [0.3, 0.4) is 0 Å². The van der Waals surface area contributed by atoms with Crippen LogP contribution in [0.15, 0.2) is 24.3 Å². The maximum atomic E-state index is 9.40. The highest BCUT2D eigenvalue weighted by Gasteiger charge is 2.34. The van der Waals surface area contributed by atoms with Gasteiger partial charge in [-0.05, 0) is 30.9 Å². The minimum absolute atomic E-state index is 0.115. The number of aryl methyl sites for hydroxylation is 1. The van der Waals surface area contributed by atoms with Gasteiger partial charge in [0.2, 0.25) is 0 Å². The lowest BCUT2D eigenvalue weighted by Crippen LogP contribution is -2.52. The molecular formula is C19H33NO2. The molecule has 0 spiro atoms. The summed E-state index contributed by atoms with van der Waals surface area (Å²) >= 11 is 0. The second kappa shape index (κ2) is 9.29. The molecule has 22 heavy (non-hydrogen) atoms. The van der Waals surface area contributed by atoms with E-state index in [0.717, 1.165) is 12.0 Å². The Bertz CT molecular complexity index is 412. The Kier molecular flexibility index (Phi) is 8.08. The smallest absolute Gasteiger partial charge is 0.170 e. The summed E-state index contributed by atoms with van der Waals surface area (Å²) in [5.74, 6) is -0.115. The third-order valence-corrected chi connectivity index (χ3v) is 4.79.